The molecule has 1 aromatic carbocycles. The lowest BCUT2D eigenvalue weighted by molar-refractivity contribution is -0.135. The lowest BCUT2D eigenvalue weighted by Crippen LogP contribution is -2.50. The van der Waals surface area contributed by atoms with Crippen LogP contribution in [0.15, 0.2) is 30.5 Å². The highest BCUT2D eigenvalue weighted by molar-refractivity contribution is 6.32. The van der Waals surface area contributed by atoms with Crippen LogP contribution in [0.5, 0.6) is 0 Å². The number of nitrogens with one attached hydrogen (secondary N) is 2. The van der Waals surface area contributed by atoms with Gasteiger partial charge in [-0.2, -0.15) is 0 Å². The van der Waals surface area contributed by atoms with Gasteiger partial charge >= 0.3 is 6.09 Å². The minimum atomic E-state index is -0.817. The second-order valence-corrected chi connectivity index (χ2v) is 7.16. The third kappa shape index (κ3) is 3.31. The molecule has 27 heavy (non-hydrogen) atoms. The highest BCUT2D eigenvalue weighted by Crippen LogP contribution is 2.42. The summed E-state index contributed by atoms with van der Waals surface area (Å²) >= 11 is 0. The SMILES string of the molecule is [B]c1ccc(-c2cnc(C3CCCN3C(=O)C3(NC(=O)OC)CC3)[nH]2)cc1. The molecule has 2 radical (unpaired) electrons. The van der Waals surface area contributed by atoms with Crippen molar-refractivity contribution in [2.75, 3.05) is 13.7 Å². The summed E-state index contributed by atoms with van der Waals surface area (Å²) in [6.07, 6.45) is 4.23. The monoisotopic (exact) mass is 364 g/mol. The van der Waals surface area contributed by atoms with Crippen LogP contribution in [0.25, 0.3) is 11.3 Å². The van der Waals surface area contributed by atoms with E-state index in [1.54, 1.807) is 6.20 Å². The van der Waals surface area contributed by atoms with Crippen LogP contribution >= 0.6 is 0 Å². The summed E-state index contributed by atoms with van der Waals surface area (Å²) in [6.45, 7) is 0.659. The number of imidazole rings is 1. The van der Waals surface area contributed by atoms with Crippen LogP contribution in [0.3, 0.4) is 0 Å². The molecule has 1 unspecified atom stereocenters. The Bertz CT molecular complexity index is 860. The van der Waals surface area contributed by atoms with Gasteiger partial charge in [0.15, 0.2) is 0 Å². The Labute approximate surface area is 158 Å². The number of amides is 2. The standard InChI is InChI=1S/C19H21BN4O3/c1-27-18(26)23-19(8-9-19)17(25)24-10-2-3-15(24)16-21-11-14(22-16)12-4-6-13(20)7-5-12/h4-7,11,15H,2-3,8-10H2,1H3,(H,21,22)(H,23,26). The zero-order valence-corrected chi connectivity index (χ0v) is 15.2. The number of methoxy groups -OCH3 is 1. The summed E-state index contributed by atoms with van der Waals surface area (Å²) in [6, 6.07) is 7.44. The molecule has 2 aromatic rings. The summed E-state index contributed by atoms with van der Waals surface area (Å²) in [5.74, 6) is 0.711. The molecular weight excluding hydrogens is 343 g/mol. The van der Waals surface area contributed by atoms with Gasteiger partial charge in [0.1, 0.15) is 19.2 Å². The van der Waals surface area contributed by atoms with E-state index in [0.29, 0.717) is 24.8 Å². The number of H-pyrrole nitrogens is 1. The highest BCUT2D eigenvalue weighted by atomic mass is 16.5. The molecule has 2 N–H and O–H groups in total. The fraction of sp³-hybridized carbons (Fsp3) is 0.421. The molecule has 0 bridgehead atoms. The molecule has 1 saturated carbocycles. The van der Waals surface area contributed by atoms with Crippen molar-refractivity contribution in [3.05, 3.63) is 36.3 Å². The number of hydrogen-bond donors (Lipinski definition) is 2. The van der Waals surface area contributed by atoms with E-state index in [2.05, 4.69) is 20.0 Å². The number of carbonyl (C=O) groups is 2. The first-order valence-corrected chi connectivity index (χ1v) is 9.10. The van der Waals surface area contributed by atoms with Crippen LogP contribution in [0.4, 0.5) is 4.79 Å². The summed E-state index contributed by atoms with van der Waals surface area (Å²) in [5.41, 5.74) is 1.77. The number of nitrogens with zero attached hydrogens (tertiary/aromatic N) is 2. The van der Waals surface area contributed by atoms with E-state index in [1.165, 1.54) is 7.11 Å². The Hall–Kier alpha value is -2.77. The highest BCUT2D eigenvalue weighted by Gasteiger charge is 2.55. The fourth-order valence-corrected chi connectivity index (χ4v) is 3.65. The summed E-state index contributed by atoms with van der Waals surface area (Å²) in [4.78, 5) is 34.4. The maximum absolute atomic E-state index is 13.1. The van der Waals surface area contributed by atoms with Crippen LogP contribution in [0, 0.1) is 0 Å². The number of hydrogen-bond acceptors (Lipinski definition) is 4. The minimum absolute atomic E-state index is 0.0548. The largest absolute Gasteiger partial charge is 0.453 e. The van der Waals surface area contributed by atoms with Crippen molar-refractivity contribution >= 4 is 25.3 Å². The molecule has 2 amide bonds. The van der Waals surface area contributed by atoms with Crippen LogP contribution in [0.2, 0.25) is 0 Å². The number of carbonyl (C=O) groups excluding carboxylic acids is 2. The molecule has 2 heterocycles. The number of aromatic amines is 1. The second-order valence-electron chi connectivity index (χ2n) is 7.16. The van der Waals surface area contributed by atoms with Gasteiger partial charge in [0.05, 0.1) is 25.0 Å². The number of alkyl carbamates (subject to hydrolysis) is 1. The quantitative estimate of drug-likeness (QED) is 0.804. The lowest BCUT2D eigenvalue weighted by Gasteiger charge is -2.28. The molecule has 2 aliphatic rings. The Morgan fingerprint density at radius 1 is 1.33 bits per heavy atom. The summed E-state index contributed by atoms with van der Waals surface area (Å²) < 4.78 is 4.66. The number of aromatic nitrogens is 2. The average Bonchev–Trinajstić information content (AvgIpc) is 3.10. The molecule has 1 aromatic heterocycles. The number of likely N-dealkylation sites (tertiary alicyclic amines) is 1. The maximum atomic E-state index is 13.1. The summed E-state index contributed by atoms with van der Waals surface area (Å²) in [5, 5.41) is 2.71. The van der Waals surface area contributed by atoms with Crippen LogP contribution in [0.1, 0.15) is 37.5 Å². The van der Waals surface area contributed by atoms with Gasteiger partial charge in [0.2, 0.25) is 5.91 Å². The molecule has 1 atom stereocenters. The third-order valence-corrected chi connectivity index (χ3v) is 5.33. The van der Waals surface area contributed by atoms with E-state index in [-0.39, 0.29) is 11.9 Å². The van der Waals surface area contributed by atoms with Gasteiger partial charge in [0.25, 0.3) is 0 Å². The lowest BCUT2D eigenvalue weighted by atomic mass is 9.95. The van der Waals surface area contributed by atoms with E-state index in [4.69, 9.17) is 7.85 Å². The van der Waals surface area contributed by atoms with E-state index >= 15 is 0 Å². The Morgan fingerprint density at radius 2 is 2.07 bits per heavy atom. The first-order chi connectivity index (χ1) is 13.0. The van der Waals surface area contributed by atoms with Gasteiger partial charge in [0, 0.05) is 6.54 Å². The van der Waals surface area contributed by atoms with Crippen molar-refractivity contribution in [1.29, 1.82) is 0 Å². The van der Waals surface area contributed by atoms with Crippen LogP contribution in [-0.4, -0.2) is 53.9 Å². The summed E-state index contributed by atoms with van der Waals surface area (Å²) in [7, 11) is 7.05. The molecule has 1 aliphatic heterocycles. The first-order valence-electron chi connectivity index (χ1n) is 9.10. The van der Waals surface area contributed by atoms with Gasteiger partial charge < -0.3 is 19.9 Å². The van der Waals surface area contributed by atoms with Crippen molar-refractivity contribution in [3.63, 3.8) is 0 Å². The third-order valence-electron chi connectivity index (χ3n) is 5.33. The number of benzene rings is 1. The topological polar surface area (TPSA) is 87.3 Å². The number of rotatable bonds is 4. The predicted molar refractivity (Wildman–Crippen MR) is 101 cm³/mol. The molecule has 7 nitrogen and oxygen atoms in total. The zero-order chi connectivity index (χ0) is 19.0. The zero-order valence-electron chi connectivity index (χ0n) is 15.2. The molecule has 2 fully saturated rings. The molecule has 0 spiro atoms. The van der Waals surface area contributed by atoms with E-state index in [1.807, 2.05) is 29.2 Å². The van der Waals surface area contributed by atoms with E-state index < -0.39 is 11.6 Å². The number of ether oxygens (including phenoxy) is 1. The van der Waals surface area contributed by atoms with E-state index in [0.717, 1.165) is 29.9 Å². The minimum Gasteiger partial charge on any atom is -0.453 e. The van der Waals surface area contributed by atoms with Crippen molar-refractivity contribution in [3.8, 4) is 11.3 Å². The van der Waals surface area contributed by atoms with Gasteiger partial charge in [-0.15, -0.1) is 0 Å². The molecule has 138 valence electrons. The Kier molecular flexibility index (Phi) is 4.41. The van der Waals surface area contributed by atoms with Gasteiger partial charge in [-0.1, -0.05) is 29.7 Å². The second kappa shape index (κ2) is 6.76. The van der Waals surface area contributed by atoms with Gasteiger partial charge in [-0.3, -0.25) is 4.79 Å². The molecule has 4 rings (SSSR count). The van der Waals surface area contributed by atoms with Crippen LogP contribution in [-0.2, 0) is 9.53 Å². The smallest absolute Gasteiger partial charge is 0.407 e. The normalized spacial score (nSPS) is 20.3. The van der Waals surface area contributed by atoms with Crippen LogP contribution < -0.4 is 10.8 Å². The average molecular weight is 364 g/mol. The van der Waals surface area contributed by atoms with Crippen molar-refractivity contribution in [2.24, 2.45) is 0 Å². The van der Waals surface area contributed by atoms with Gasteiger partial charge in [-0.25, -0.2) is 9.78 Å². The van der Waals surface area contributed by atoms with E-state index in [9.17, 15) is 9.59 Å². The molecule has 1 saturated heterocycles. The molecular formula is C19H21BN4O3. The van der Waals surface area contributed by atoms with Crippen molar-refractivity contribution in [1.82, 2.24) is 20.2 Å². The Morgan fingerprint density at radius 3 is 2.74 bits per heavy atom. The van der Waals surface area contributed by atoms with Gasteiger partial charge in [-0.05, 0) is 31.2 Å². The predicted octanol–water partition coefficient (Wildman–Crippen LogP) is 1.42. The maximum Gasteiger partial charge on any atom is 0.407 e. The Balaban J connectivity index is 1.53. The fourth-order valence-electron chi connectivity index (χ4n) is 3.65. The molecule has 8 heteroatoms. The molecule has 1 aliphatic carbocycles. The van der Waals surface area contributed by atoms with Crippen molar-refractivity contribution in [2.45, 2.75) is 37.3 Å². The van der Waals surface area contributed by atoms with Crippen molar-refractivity contribution < 1.29 is 14.3 Å². The first kappa shape index (κ1) is 17.6.